The van der Waals surface area contributed by atoms with E-state index in [0.29, 0.717) is 6.54 Å². The fourth-order valence-electron chi connectivity index (χ4n) is 4.05. The van der Waals surface area contributed by atoms with Gasteiger partial charge in [-0.05, 0) is 55.8 Å². The van der Waals surface area contributed by atoms with Crippen molar-refractivity contribution in [3.63, 3.8) is 0 Å². The third kappa shape index (κ3) is 4.40. The van der Waals surface area contributed by atoms with Crippen LogP contribution >= 0.6 is 0 Å². The Labute approximate surface area is 161 Å². The molecule has 4 heteroatoms. The molecular weight excluding hydrogens is 337 g/mol. The molecule has 0 atom stereocenters. The third-order valence-electron chi connectivity index (χ3n) is 5.63. The van der Waals surface area contributed by atoms with Crippen LogP contribution in [0.5, 0.6) is 0 Å². The van der Waals surface area contributed by atoms with Gasteiger partial charge in [0, 0.05) is 49.8 Å². The highest BCUT2D eigenvalue weighted by molar-refractivity contribution is 5.84. The first-order valence-corrected chi connectivity index (χ1v) is 9.91. The lowest BCUT2D eigenvalue weighted by atomic mass is 10.1. The Morgan fingerprint density at radius 2 is 1.78 bits per heavy atom. The summed E-state index contributed by atoms with van der Waals surface area (Å²) >= 11 is 0. The molecule has 0 aliphatic carbocycles. The average molecular weight is 365 g/mol. The Morgan fingerprint density at radius 1 is 0.963 bits per heavy atom. The largest absolute Gasteiger partial charge is 0.343 e. The molecule has 0 radical (unpaired) electrons. The van der Waals surface area contributed by atoms with Crippen molar-refractivity contribution in [1.29, 1.82) is 0 Å². The topological polar surface area (TPSA) is 11.4 Å². The van der Waals surface area contributed by atoms with Gasteiger partial charge in [-0.15, -0.1) is 0 Å². The van der Waals surface area contributed by atoms with Gasteiger partial charge in [-0.25, -0.2) is 4.39 Å². The molecule has 3 aromatic rings. The van der Waals surface area contributed by atoms with Gasteiger partial charge in [-0.3, -0.25) is 0 Å². The molecule has 4 rings (SSSR count). The van der Waals surface area contributed by atoms with Crippen molar-refractivity contribution in [1.82, 2.24) is 14.4 Å². The summed E-state index contributed by atoms with van der Waals surface area (Å²) in [6, 6.07) is 15.5. The molecule has 0 spiro atoms. The highest BCUT2D eigenvalue weighted by atomic mass is 19.1. The van der Waals surface area contributed by atoms with E-state index < -0.39 is 0 Å². The number of hydrogen-bond acceptors (Lipinski definition) is 2. The summed E-state index contributed by atoms with van der Waals surface area (Å²) < 4.78 is 15.8. The summed E-state index contributed by atoms with van der Waals surface area (Å²) in [5.41, 5.74) is 3.63. The van der Waals surface area contributed by atoms with Crippen LogP contribution in [0.4, 0.5) is 4.39 Å². The van der Waals surface area contributed by atoms with Crippen LogP contribution in [0.15, 0.2) is 54.7 Å². The number of hydrogen-bond donors (Lipinski definition) is 0. The number of rotatable bonds is 6. The van der Waals surface area contributed by atoms with Crippen molar-refractivity contribution in [2.45, 2.75) is 19.4 Å². The number of benzene rings is 2. The number of piperazine rings is 1. The van der Waals surface area contributed by atoms with Crippen molar-refractivity contribution in [2.24, 2.45) is 0 Å². The highest BCUT2D eigenvalue weighted by Crippen LogP contribution is 2.24. The molecule has 2 heterocycles. The van der Waals surface area contributed by atoms with Gasteiger partial charge in [0.2, 0.25) is 0 Å². The van der Waals surface area contributed by atoms with E-state index in [0.717, 1.165) is 18.5 Å². The molecule has 3 nitrogen and oxygen atoms in total. The Balaban J connectivity index is 1.46. The maximum absolute atomic E-state index is 13.5. The maximum Gasteiger partial charge on any atom is 0.123 e. The minimum Gasteiger partial charge on any atom is -0.343 e. The Morgan fingerprint density at radius 3 is 2.59 bits per heavy atom. The fraction of sp³-hybridized carbons (Fsp3) is 0.391. The summed E-state index contributed by atoms with van der Waals surface area (Å²) in [4.78, 5) is 4.97. The van der Waals surface area contributed by atoms with Crippen LogP contribution in [0.1, 0.15) is 17.5 Å². The maximum atomic E-state index is 13.5. The van der Waals surface area contributed by atoms with Crippen LogP contribution in [0, 0.1) is 5.82 Å². The number of aryl methyl sites for hydroxylation is 1. The van der Waals surface area contributed by atoms with E-state index in [1.54, 1.807) is 12.1 Å². The van der Waals surface area contributed by atoms with E-state index in [4.69, 9.17) is 0 Å². The molecule has 1 aliphatic rings. The van der Waals surface area contributed by atoms with Crippen molar-refractivity contribution in [3.05, 3.63) is 71.7 Å². The quantitative estimate of drug-likeness (QED) is 0.654. The molecule has 1 fully saturated rings. The highest BCUT2D eigenvalue weighted by Gasteiger charge is 2.14. The molecule has 1 aliphatic heterocycles. The standard InChI is InChI=1S/C23H28FN3/c1-25-12-14-26(15-13-25)11-5-7-20-18-27(23-10-3-2-9-22(20)23)17-19-6-4-8-21(24)16-19/h2-4,6,8-10,16,18H,5,7,11-15,17H2,1H3. The SMILES string of the molecule is CN1CCN(CCCc2cn(Cc3cccc(F)c3)c3ccccc23)CC1. The minimum absolute atomic E-state index is 0.170. The van der Waals surface area contributed by atoms with E-state index in [1.165, 1.54) is 55.1 Å². The van der Waals surface area contributed by atoms with Gasteiger partial charge >= 0.3 is 0 Å². The number of halogens is 1. The molecule has 0 unspecified atom stereocenters. The second-order valence-corrected chi connectivity index (χ2v) is 7.68. The van der Waals surface area contributed by atoms with Crippen LogP contribution in [0.3, 0.4) is 0 Å². The van der Waals surface area contributed by atoms with Crippen LogP contribution in [-0.2, 0) is 13.0 Å². The van der Waals surface area contributed by atoms with Crippen LogP contribution in [0.25, 0.3) is 10.9 Å². The lowest BCUT2D eigenvalue weighted by molar-refractivity contribution is 0.153. The van der Waals surface area contributed by atoms with E-state index in [2.05, 4.69) is 51.9 Å². The predicted octanol–water partition coefficient (Wildman–Crippen LogP) is 4.01. The first-order chi connectivity index (χ1) is 13.2. The molecular formula is C23H28FN3. The lowest BCUT2D eigenvalue weighted by Gasteiger charge is -2.32. The predicted molar refractivity (Wildman–Crippen MR) is 110 cm³/mol. The van der Waals surface area contributed by atoms with Crippen molar-refractivity contribution in [2.75, 3.05) is 39.8 Å². The van der Waals surface area contributed by atoms with E-state index in [9.17, 15) is 4.39 Å². The van der Waals surface area contributed by atoms with Gasteiger partial charge in [-0.1, -0.05) is 30.3 Å². The van der Waals surface area contributed by atoms with Crippen molar-refractivity contribution < 1.29 is 4.39 Å². The van der Waals surface area contributed by atoms with Crippen LogP contribution < -0.4 is 0 Å². The molecule has 0 bridgehead atoms. The second-order valence-electron chi connectivity index (χ2n) is 7.68. The zero-order chi connectivity index (χ0) is 18.6. The van der Waals surface area contributed by atoms with E-state index >= 15 is 0 Å². The minimum atomic E-state index is -0.170. The van der Waals surface area contributed by atoms with Gasteiger partial charge in [0.05, 0.1) is 0 Å². The van der Waals surface area contributed by atoms with Crippen molar-refractivity contribution >= 4 is 10.9 Å². The Bertz CT molecular complexity index is 894. The first kappa shape index (κ1) is 18.2. The summed E-state index contributed by atoms with van der Waals surface area (Å²) in [5, 5.41) is 1.33. The first-order valence-electron chi connectivity index (χ1n) is 9.91. The molecule has 142 valence electrons. The summed E-state index contributed by atoms with van der Waals surface area (Å²) in [6.45, 7) is 6.57. The van der Waals surface area contributed by atoms with Gasteiger partial charge in [-0.2, -0.15) is 0 Å². The number of nitrogens with zero attached hydrogens (tertiary/aromatic N) is 3. The molecule has 0 saturated carbocycles. The lowest BCUT2D eigenvalue weighted by Crippen LogP contribution is -2.44. The summed E-state index contributed by atoms with van der Waals surface area (Å²) in [6.07, 6.45) is 4.53. The van der Waals surface area contributed by atoms with Gasteiger partial charge in [0.25, 0.3) is 0 Å². The normalized spacial score (nSPS) is 16.2. The second kappa shape index (κ2) is 8.24. The summed E-state index contributed by atoms with van der Waals surface area (Å²) in [5.74, 6) is -0.170. The zero-order valence-electron chi connectivity index (χ0n) is 16.1. The fourth-order valence-corrected chi connectivity index (χ4v) is 4.05. The number of fused-ring (bicyclic) bond motifs is 1. The van der Waals surface area contributed by atoms with E-state index in [-0.39, 0.29) is 5.82 Å². The van der Waals surface area contributed by atoms with Crippen LogP contribution in [0.2, 0.25) is 0 Å². The van der Waals surface area contributed by atoms with Gasteiger partial charge in [0.1, 0.15) is 5.82 Å². The molecule has 1 aromatic heterocycles. The van der Waals surface area contributed by atoms with Gasteiger partial charge < -0.3 is 14.4 Å². The zero-order valence-corrected chi connectivity index (χ0v) is 16.1. The van der Waals surface area contributed by atoms with Crippen molar-refractivity contribution in [3.8, 4) is 0 Å². The number of aromatic nitrogens is 1. The Hall–Kier alpha value is -2.17. The third-order valence-corrected chi connectivity index (χ3v) is 5.63. The molecule has 0 amide bonds. The van der Waals surface area contributed by atoms with Crippen LogP contribution in [-0.4, -0.2) is 54.1 Å². The van der Waals surface area contributed by atoms with E-state index in [1.807, 2.05) is 6.07 Å². The molecule has 0 N–H and O–H groups in total. The molecule has 27 heavy (non-hydrogen) atoms. The van der Waals surface area contributed by atoms with Gasteiger partial charge in [0.15, 0.2) is 0 Å². The number of likely N-dealkylation sites (N-methyl/N-ethyl adjacent to an activating group) is 1. The monoisotopic (exact) mass is 365 g/mol. The summed E-state index contributed by atoms with van der Waals surface area (Å²) in [7, 11) is 2.20. The Kier molecular flexibility index (Phi) is 5.55. The number of para-hydroxylation sites is 1. The smallest absolute Gasteiger partial charge is 0.123 e. The molecule has 1 saturated heterocycles. The average Bonchev–Trinajstić information content (AvgIpc) is 3.01. The molecule has 2 aromatic carbocycles.